The molecule has 2 nitrogen and oxygen atoms in total. The maximum atomic E-state index is 11.4. The molecule has 0 aliphatic carbocycles. The van der Waals surface area contributed by atoms with Crippen LogP contribution in [0.5, 0.6) is 0 Å². The minimum Gasteiger partial charge on any atom is -0.349 e. The van der Waals surface area contributed by atoms with Crippen molar-refractivity contribution in [2.45, 2.75) is 33.1 Å². The standard InChI is InChI=1S/C9H19NO.H2S/c1-5-7-8(6-2)9(11)10(3)4;/h8H,5-7H2,1-4H3;1H2. The molecule has 0 aromatic heterocycles. The number of carbonyl (C=O) groups is 1. The number of nitrogens with zero attached hydrogens (tertiary/aromatic N) is 1. The summed E-state index contributed by atoms with van der Waals surface area (Å²) >= 11 is 0. The predicted molar refractivity (Wildman–Crippen MR) is 57.8 cm³/mol. The van der Waals surface area contributed by atoms with Gasteiger partial charge in [0.05, 0.1) is 0 Å². The fourth-order valence-corrected chi connectivity index (χ4v) is 1.22. The second-order valence-electron chi connectivity index (χ2n) is 3.13. The molecule has 0 saturated carbocycles. The van der Waals surface area contributed by atoms with E-state index in [9.17, 15) is 4.79 Å². The molecular formula is C9H21NOS. The Kier molecular flexibility index (Phi) is 8.93. The lowest BCUT2D eigenvalue weighted by Crippen LogP contribution is -2.29. The SMILES string of the molecule is CCCC(CC)C(=O)N(C)C.S. The van der Waals surface area contributed by atoms with Crippen LogP contribution in [0.25, 0.3) is 0 Å². The quantitative estimate of drug-likeness (QED) is 0.665. The first-order valence-corrected chi connectivity index (χ1v) is 4.34. The van der Waals surface area contributed by atoms with E-state index < -0.39 is 0 Å². The van der Waals surface area contributed by atoms with Crippen molar-refractivity contribution in [3.05, 3.63) is 0 Å². The van der Waals surface area contributed by atoms with Gasteiger partial charge in [-0.25, -0.2) is 0 Å². The first-order valence-electron chi connectivity index (χ1n) is 4.34. The molecule has 12 heavy (non-hydrogen) atoms. The van der Waals surface area contributed by atoms with E-state index in [0.29, 0.717) is 0 Å². The number of hydrogen-bond acceptors (Lipinski definition) is 1. The van der Waals surface area contributed by atoms with Crippen LogP contribution in [0.3, 0.4) is 0 Å². The Labute approximate surface area is 82.8 Å². The Morgan fingerprint density at radius 3 is 2.08 bits per heavy atom. The predicted octanol–water partition coefficient (Wildman–Crippen LogP) is 2.01. The zero-order valence-corrected chi connectivity index (χ0v) is 9.55. The van der Waals surface area contributed by atoms with E-state index in [-0.39, 0.29) is 25.3 Å². The van der Waals surface area contributed by atoms with Crippen LogP contribution in [0.4, 0.5) is 0 Å². The zero-order valence-electron chi connectivity index (χ0n) is 8.55. The molecule has 0 saturated heterocycles. The Bertz CT molecular complexity index is 126. The molecule has 0 fully saturated rings. The van der Waals surface area contributed by atoms with Crippen LogP contribution in [0, 0.1) is 5.92 Å². The molecule has 1 atom stereocenters. The largest absolute Gasteiger partial charge is 0.349 e. The van der Waals surface area contributed by atoms with Crippen molar-refractivity contribution in [3.8, 4) is 0 Å². The van der Waals surface area contributed by atoms with E-state index in [4.69, 9.17) is 0 Å². The first kappa shape index (κ1) is 14.3. The van der Waals surface area contributed by atoms with Gasteiger partial charge in [-0.15, -0.1) is 0 Å². The van der Waals surface area contributed by atoms with E-state index in [1.165, 1.54) is 0 Å². The van der Waals surface area contributed by atoms with Crippen LogP contribution in [-0.2, 0) is 4.79 Å². The van der Waals surface area contributed by atoms with Gasteiger partial charge < -0.3 is 4.90 Å². The van der Waals surface area contributed by atoms with E-state index >= 15 is 0 Å². The number of hydrogen-bond donors (Lipinski definition) is 0. The normalized spacial score (nSPS) is 11.7. The van der Waals surface area contributed by atoms with Crippen LogP contribution in [-0.4, -0.2) is 24.9 Å². The molecule has 0 radical (unpaired) electrons. The molecule has 0 bridgehead atoms. The zero-order chi connectivity index (χ0) is 8.85. The van der Waals surface area contributed by atoms with Crippen molar-refractivity contribution >= 4 is 19.4 Å². The maximum absolute atomic E-state index is 11.4. The van der Waals surface area contributed by atoms with Crippen molar-refractivity contribution in [2.24, 2.45) is 5.92 Å². The van der Waals surface area contributed by atoms with Gasteiger partial charge in [0.2, 0.25) is 5.91 Å². The van der Waals surface area contributed by atoms with Gasteiger partial charge in [-0.3, -0.25) is 4.79 Å². The summed E-state index contributed by atoms with van der Waals surface area (Å²) in [4.78, 5) is 13.1. The van der Waals surface area contributed by atoms with Crippen molar-refractivity contribution < 1.29 is 4.79 Å². The first-order chi connectivity index (χ1) is 5.13. The third-order valence-electron chi connectivity index (χ3n) is 1.92. The summed E-state index contributed by atoms with van der Waals surface area (Å²) in [5.41, 5.74) is 0. The lowest BCUT2D eigenvalue weighted by Gasteiger charge is -2.18. The van der Waals surface area contributed by atoms with Gasteiger partial charge in [0.25, 0.3) is 0 Å². The summed E-state index contributed by atoms with van der Waals surface area (Å²) < 4.78 is 0. The van der Waals surface area contributed by atoms with E-state index in [1.54, 1.807) is 4.90 Å². The Hall–Kier alpha value is -0.180. The molecule has 0 aliphatic rings. The van der Waals surface area contributed by atoms with E-state index in [1.807, 2.05) is 14.1 Å². The number of rotatable bonds is 4. The molecule has 1 unspecified atom stereocenters. The van der Waals surface area contributed by atoms with Gasteiger partial charge in [-0.1, -0.05) is 20.3 Å². The Morgan fingerprint density at radius 2 is 1.83 bits per heavy atom. The highest BCUT2D eigenvalue weighted by atomic mass is 32.1. The van der Waals surface area contributed by atoms with Crippen LogP contribution >= 0.6 is 13.5 Å². The molecule has 1 amide bonds. The molecule has 0 heterocycles. The van der Waals surface area contributed by atoms with E-state index in [0.717, 1.165) is 19.3 Å². The van der Waals surface area contributed by atoms with Gasteiger partial charge in [0, 0.05) is 20.0 Å². The lowest BCUT2D eigenvalue weighted by atomic mass is 10.00. The second kappa shape index (κ2) is 7.47. The topological polar surface area (TPSA) is 20.3 Å². The third-order valence-corrected chi connectivity index (χ3v) is 1.92. The minimum absolute atomic E-state index is 0. The van der Waals surface area contributed by atoms with Gasteiger partial charge in [0.1, 0.15) is 0 Å². The molecule has 74 valence electrons. The monoisotopic (exact) mass is 191 g/mol. The Balaban J connectivity index is 0. The molecule has 0 rings (SSSR count). The highest BCUT2D eigenvalue weighted by Gasteiger charge is 2.16. The smallest absolute Gasteiger partial charge is 0.225 e. The van der Waals surface area contributed by atoms with Gasteiger partial charge in [0.15, 0.2) is 0 Å². The molecule has 0 spiro atoms. The summed E-state index contributed by atoms with van der Waals surface area (Å²) in [7, 11) is 3.64. The average Bonchev–Trinajstić information content (AvgIpc) is 1.98. The van der Waals surface area contributed by atoms with Crippen molar-refractivity contribution in [3.63, 3.8) is 0 Å². The molecule has 0 aliphatic heterocycles. The summed E-state index contributed by atoms with van der Waals surface area (Å²) in [6.45, 7) is 4.19. The van der Waals surface area contributed by atoms with Crippen LogP contribution < -0.4 is 0 Å². The summed E-state index contributed by atoms with van der Waals surface area (Å²) in [5.74, 6) is 0.518. The molecular weight excluding hydrogens is 170 g/mol. The van der Waals surface area contributed by atoms with Gasteiger partial charge >= 0.3 is 0 Å². The molecule has 0 aromatic carbocycles. The highest BCUT2D eigenvalue weighted by molar-refractivity contribution is 7.59. The van der Waals surface area contributed by atoms with Crippen LogP contribution in [0.2, 0.25) is 0 Å². The minimum atomic E-state index is 0. The van der Waals surface area contributed by atoms with Crippen molar-refractivity contribution in [2.75, 3.05) is 14.1 Å². The molecule has 0 N–H and O–H groups in total. The van der Waals surface area contributed by atoms with Gasteiger partial charge in [-0.05, 0) is 12.8 Å². The highest BCUT2D eigenvalue weighted by Crippen LogP contribution is 2.12. The van der Waals surface area contributed by atoms with Crippen molar-refractivity contribution in [1.29, 1.82) is 0 Å². The Morgan fingerprint density at radius 1 is 1.33 bits per heavy atom. The number of carbonyl (C=O) groups excluding carboxylic acids is 1. The summed E-state index contributed by atoms with van der Waals surface area (Å²) in [6, 6.07) is 0. The van der Waals surface area contributed by atoms with Crippen LogP contribution in [0.1, 0.15) is 33.1 Å². The van der Waals surface area contributed by atoms with Gasteiger partial charge in [-0.2, -0.15) is 13.5 Å². The van der Waals surface area contributed by atoms with Crippen LogP contribution in [0.15, 0.2) is 0 Å². The fourth-order valence-electron chi connectivity index (χ4n) is 1.22. The number of amides is 1. The fraction of sp³-hybridized carbons (Fsp3) is 0.889. The molecule has 0 aromatic rings. The average molecular weight is 191 g/mol. The maximum Gasteiger partial charge on any atom is 0.225 e. The van der Waals surface area contributed by atoms with Crippen molar-refractivity contribution in [1.82, 2.24) is 4.90 Å². The molecule has 3 heteroatoms. The lowest BCUT2D eigenvalue weighted by molar-refractivity contribution is -0.133. The third kappa shape index (κ3) is 4.65. The second-order valence-corrected chi connectivity index (χ2v) is 3.13. The van der Waals surface area contributed by atoms with E-state index in [2.05, 4.69) is 13.8 Å². The summed E-state index contributed by atoms with van der Waals surface area (Å²) in [6.07, 6.45) is 3.08. The summed E-state index contributed by atoms with van der Waals surface area (Å²) in [5, 5.41) is 0.